The summed E-state index contributed by atoms with van der Waals surface area (Å²) in [6.45, 7) is 0. The van der Waals surface area contributed by atoms with Gasteiger partial charge in [-0.05, 0) is 18.1 Å². The van der Waals surface area contributed by atoms with E-state index in [-0.39, 0.29) is 11.4 Å². The quantitative estimate of drug-likeness (QED) is 0.925. The first-order valence-electron chi connectivity index (χ1n) is 6.84. The first kappa shape index (κ1) is 13.1. The molecule has 3 rings (SSSR count). The van der Waals surface area contributed by atoms with Gasteiger partial charge in [-0.2, -0.15) is 0 Å². The Labute approximate surface area is 115 Å². The van der Waals surface area contributed by atoms with Crippen LogP contribution in [-0.4, -0.2) is 5.16 Å². The average molecular weight is 278 g/mol. The lowest BCUT2D eigenvalue weighted by Crippen LogP contribution is -2.00. The lowest BCUT2D eigenvalue weighted by molar-refractivity contribution is 0.362. The second-order valence-electron chi connectivity index (χ2n) is 5.34. The average Bonchev–Trinajstić information content (AvgIpc) is 3.02. The predicted octanol–water partition coefficient (Wildman–Crippen LogP) is 3.93. The van der Waals surface area contributed by atoms with Crippen LogP contribution >= 0.6 is 0 Å². The Morgan fingerprint density at radius 1 is 1.25 bits per heavy atom. The van der Waals surface area contributed by atoms with Crippen molar-refractivity contribution in [3.63, 3.8) is 0 Å². The third-order valence-corrected chi connectivity index (χ3v) is 3.94. The van der Waals surface area contributed by atoms with Crippen molar-refractivity contribution in [1.82, 2.24) is 5.16 Å². The fourth-order valence-electron chi connectivity index (χ4n) is 2.93. The van der Waals surface area contributed by atoms with Crippen molar-refractivity contribution in [3.05, 3.63) is 35.6 Å². The number of rotatable bonds is 3. The minimum absolute atomic E-state index is 0.156. The van der Waals surface area contributed by atoms with Gasteiger partial charge in [-0.3, -0.25) is 0 Å². The molecule has 0 amide bonds. The molecule has 1 aliphatic carbocycles. The molecule has 0 aliphatic heterocycles. The molecule has 106 valence electrons. The van der Waals surface area contributed by atoms with E-state index in [1.807, 2.05) is 0 Å². The van der Waals surface area contributed by atoms with E-state index in [2.05, 4.69) is 5.16 Å². The number of nitrogens with zero attached hydrogens (tertiary/aromatic N) is 1. The minimum Gasteiger partial charge on any atom is -0.380 e. The molecule has 0 radical (unpaired) electrons. The third-order valence-electron chi connectivity index (χ3n) is 3.94. The molecule has 1 aromatic carbocycles. The normalized spacial score (nSPS) is 15.9. The van der Waals surface area contributed by atoms with Gasteiger partial charge < -0.3 is 10.3 Å². The van der Waals surface area contributed by atoms with Crippen molar-refractivity contribution < 1.29 is 13.3 Å². The Balaban J connectivity index is 1.97. The summed E-state index contributed by atoms with van der Waals surface area (Å²) in [4.78, 5) is 0. The predicted molar refractivity (Wildman–Crippen MR) is 71.9 cm³/mol. The van der Waals surface area contributed by atoms with Crippen LogP contribution in [0.3, 0.4) is 0 Å². The Morgan fingerprint density at radius 3 is 2.70 bits per heavy atom. The second-order valence-corrected chi connectivity index (χ2v) is 5.34. The van der Waals surface area contributed by atoms with Crippen LogP contribution in [0.1, 0.15) is 31.4 Å². The topological polar surface area (TPSA) is 52.0 Å². The zero-order chi connectivity index (χ0) is 14.1. The lowest BCUT2D eigenvalue weighted by Gasteiger charge is -2.08. The maximum atomic E-state index is 13.9. The van der Waals surface area contributed by atoms with Gasteiger partial charge in [0.25, 0.3) is 0 Å². The van der Waals surface area contributed by atoms with Crippen molar-refractivity contribution >= 4 is 5.82 Å². The molecule has 2 aromatic rings. The highest BCUT2D eigenvalue weighted by atomic mass is 19.1. The molecule has 2 N–H and O–H groups in total. The van der Waals surface area contributed by atoms with Crippen molar-refractivity contribution in [2.24, 2.45) is 5.92 Å². The number of hydrogen-bond donors (Lipinski definition) is 1. The number of nitrogen functional groups attached to an aromatic ring is 1. The SMILES string of the molecule is Nc1noc(CC2CCCC2)c1-c1ccc(F)cc1F. The number of benzene rings is 1. The largest absolute Gasteiger partial charge is 0.380 e. The van der Waals surface area contributed by atoms with Crippen LogP contribution in [-0.2, 0) is 6.42 Å². The Morgan fingerprint density at radius 2 is 2.00 bits per heavy atom. The van der Waals surface area contributed by atoms with Crippen LogP contribution in [0.25, 0.3) is 11.1 Å². The molecule has 0 bridgehead atoms. The van der Waals surface area contributed by atoms with E-state index in [0.717, 1.165) is 18.9 Å². The van der Waals surface area contributed by atoms with Gasteiger partial charge in [-0.25, -0.2) is 8.78 Å². The summed E-state index contributed by atoms with van der Waals surface area (Å²) in [6.07, 6.45) is 5.43. The molecule has 0 unspecified atom stereocenters. The van der Waals surface area contributed by atoms with Crippen LogP contribution in [0, 0.1) is 17.6 Å². The summed E-state index contributed by atoms with van der Waals surface area (Å²) >= 11 is 0. The van der Waals surface area contributed by atoms with Gasteiger partial charge in [0, 0.05) is 18.1 Å². The summed E-state index contributed by atoms with van der Waals surface area (Å²) in [6, 6.07) is 3.44. The van der Waals surface area contributed by atoms with Gasteiger partial charge >= 0.3 is 0 Å². The molecule has 1 heterocycles. The highest BCUT2D eigenvalue weighted by molar-refractivity contribution is 5.75. The Hall–Kier alpha value is -1.91. The molecule has 1 aliphatic rings. The first-order chi connectivity index (χ1) is 9.65. The number of anilines is 1. The molecule has 3 nitrogen and oxygen atoms in total. The molecule has 0 atom stereocenters. The van der Waals surface area contributed by atoms with Crippen LogP contribution < -0.4 is 5.73 Å². The highest BCUT2D eigenvalue weighted by Gasteiger charge is 2.24. The zero-order valence-corrected chi connectivity index (χ0v) is 11.0. The van der Waals surface area contributed by atoms with Crippen molar-refractivity contribution in [2.45, 2.75) is 32.1 Å². The number of nitrogens with two attached hydrogens (primary N) is 1. The minimum atomic E-state index is -0.646. The van der Waals surface area contributed by atoms with Crippen LogP contribution in [0.2, 0.25) is 0 Å². The first-order valence-corrected chi connectivity index (χ1v) is 6.84. The van der Waals surface area contributed by atoms with Gasteiger partial charge in [0.15, 0.2) is 5.82 Å². The molecule has 1 aromatic heterocycles. The molecule has 5 heteroatoms. The van der Waals surface area contributed by atoms with Gasteiger partial charge in [0.05, 0.1) is 5.56 Å². The van der Waals surface area contributed by atoms with Gasteiger partial charge in [0.2, 0.25) is 0 Å². The van der Waals surface area contributed by atoms with Gasteiger partial charge in [-0.1, -0.05) is 30.8 Å². The van der Waals surface area contributed by atoms with E-state index >= 15 is 0 Å². The molecule has 0 saturated heterocycles. The third kappa shape index (κ3) is 2.40. The fourth-order valence-corrected chi connectivity index (χ4v) is 2.93. The van der Waals surface area contributed by atoms with Crippen LogP contribution in [0.4, 0.5) is 14.6 Å². The standard InChI is InChI=1S/C15H16F2N2O/c16-10-5-6-11(12(17)8-10)14-13(20-19-15(14)18)7-9-3-1-2-4-9/h5-6,8-9H,1-4,7H2,(H2,18,19). The van der Waals surface area contributed by atoms with Gasteiger partial charge in [-0.15, -0.1) is 0 Å². The van der Waals surface area contributed by atoms with E-state index < -0.39 is 11.6 Å². The number of aromatic nitrogens is 1. The number of halogens is 2. The Kier molecular flexibility index (Phi) is 3.42. The van der Waals surface area contributed by atoms with Crippen molar-refractivity contribution in [1.29, 1.82) is 0 Å². The molecule has 20 heavy (non-hydrogen) atoms. The monoisotopic (exact) mass is 278 g/mol. The molecule has 0 spiro atoms. The van der Waals surface area contributed by atoms with E-state index in [4.69, 9.17) is 10.3 Å². The van der Waals surface area contributed by atoms with Crippen molar-refractivity contribution in [3.8, 4) is 11.1 Å². The Bertz CT molecular complexity index is 618. The maximum Gasteiger partial charge on any atom is 0.175 e. The van der Waals surface area contributed by atoms with Crippen LogP contribution in [0.15, 0.2) is 22.7 Å². The van der Waals surface area contributed by atoms with E-state index in [0.29, 0.717) is 23.7 Å². The smallest absolute Gasteiger partial charge is 0.175 e. The summed E-state index contributed by atoms with van der Waals surface area (Å²) in [5.74, 6) is 0.0270. The fraction of sp³-hybridized carbons (Fsp3) is 0.400. The molecular weight excluding hydrogens is 262 g/mol. The molecular formula is C15H16F2N2O. The molecule has 1 saturated carbocycles. The highest BCUT2D eigenvalue weighted by Crippen LogP contribution is 2.36. The van der Waals surface area contributed by atoms with E-state index in [9.17, 15) is 8.78 Å². The lowest BCUT2D eigenvalue weighted by atomic mass is 9.97. The second kappa shape index (κ2) is 5.23. The van der Waals surface area contributed by atoms with E-state index in [1.54, 1.807) is 0 Å². The summed E-state index contributed by atoms with van der Waals surface area (Å²) < 4.78 is 32.2. The summed E-state index contributed by atoms with van der Waals surface area (Å²) in [5, 5.41) is 3.74. The van der Waals surface area contributed by atoms with Gasteiger partial charge in [0.1, 0.15) is 17.4 Å². The maximum absolute atomic E-state index is 13.9. The number of hydrogen-bond acceptors (Lipinski definition) is 3. The zero-order valence-electron chi connectivity index (χ0n) is 11.0. The summed E-state index contributed by atoms with van der Waals surface area (Å²) in [7, 11) is 0. The van der Waals surface area contributed by atoms with Crippen molar-refractivity contribution in [2.75, 3.05) is 5.73 Å². The molecule has 1 fully saturated rings. The van der Waals surface area contributed by atoms with Crippen LogP contribution in [0.5, 0.6) is 0 Å². The summed E-state index contributed by atoms with van der Waals surface area (Å²) in [5.41, 5.74) is 6.50. The van der Waals surface area contributed by atoms with E-state index in [1.165, 1.54) is 25.0 Å².